The first-order chi connectivity index (χ1) is 9.74. The lowest BCUT2D eigenvalue weighted by Gasteiger charge is -2.06. The Morgan fingerprint density at radius 1 is 1.15 bits per heavy atom. The molecule has 0 aliphatic rings. The molecule has 0 unspecified atom stereocenters. The predicted molar refractivity (Wildman–Crippen MR) is 78.9 cm³/mol. The number of halogens is 1. The first-order valence-corrected chi connectivity index (χ1v) is 6.42. The summed E-state index contributed by atoms with van der Waals surface area (Å²) < 4.78 is 0. The molecule has 20 heavy (non-hydrogen) atoms. The number of rotatable bonds is 3. The van der Waals surface area contributed by atoms with Gasteiger partial charge in [0.05, 0.1) is 11.0 Å². The fraction of sp³-hybridized carbons (Fsp3) is 0.0714. The van der Waals surface area contributed by atoms with Gasteiger partial charge in [-0.2, -0.15) is 0 Å². The quantitative estimate of drug-likeness (QED) is 0.776. The summed E-state index contributed by atoms with van der Waals surface area (Å²) in [5, 5.41) is 3.22. The number of H-pyrrole nitrogens is 1. The summed E-state index contributed by atoms with van der Waals surface area (Å²) >= 11 is 5.77. The van der Waals surface area contributed by atoms with Crippen LogP contribution in [0, 0.1) is 0 Å². The molecule has 0 aliphatic heterocycles. The summed E-state index contributed by atoms with van der Waals surface area (Å²) in [6.45, 7) is 0.510. The van der Waals surface area contributed by atoms with Crippen LogP contribution in [-0.2, 0) is 6.54 Å². The van der Waals surface area contributed by atoms with E-state index in [0.717, 1.165) is 16.6 Å². The third-order valence-corrected chi connectivity index (χ3v) is 3.20. The van der Waals surface area contributed by atoms with Gasteiger partial charge < -0.3 is 10.3 Å². The summed E-state index contributed by atoms with van der Waals surface area (Å²) in [5.41, 5.74) is 2.91. The lowest BCUT2D eigenvalue weighted by molar-refractivity contribution is 1.13. The zero-order valence-electron chi connectivity index (χ0n) is 10.4. The van der Waals surface area contributed by atoms with Crippen LogP contribution in [0.15, 0.2) is 47.8 Å². The van der Waals surface area contributed by atoms with Gasteiger partial charge in [0.1, 0.15) is 10.7 Å². The highest BCUT2D eigenvalue weighted by Gasteiger charge is 2.03. The van der Waals surface area contributed by atoms with Crippen molar-refractivity contribution in [1.82, 2.24) is 15.0 Å². The van der Waals surface area contributed by atoms with E-state index in [1.165, 1.54) is 6.20 Å². The minimum Gasteiger partial charge on any atom is -0.377 e. The minimum atomic E-state index is -0.217. The van der Waals surface area contributed by atoms with Gasteiger partial charge >= 0.3 is 0 Å². The summed E-state index contributed by atoms with van der Waals surface area (Å²) in [6, 6.07) is 5.79. The Morgan fingerprint density at radius 2 is 1.95 bits per heavy atom. The second-order valence-electron chi connectivity index (χ2n) is 4.28. The first-order valence-electron chi connectivity index (χ1n) is 6.04. The molecule has 0 fully saturated rings. The van der Waals surface area contributed by atoms with Gasteiger partial charge in [0.2, 0.25) is 5.43 Å². The lowest BCUT2D eigenvalue weighted by Crippen LogP contribution is -2.11. The van der Waals surface area contributed by atoms with Gasteiger partial charge in [-0.15, -0.1) is 0 Å². The van der Waals surface area contributed by atoms with Crippen molar-refractivity contribution < 1.29 is 0 Å². The van der Waals surface area contributed by atoms with Crippen molar-refractivity contribution in [2.24, 2.45) is 0 Å². The number of anilines is 1. The van der Waals surface area contributed by atoms with Gasteiger partial charge in [0.25, 0.3) is 0 Å². The van der Waals surface area contributed by atoms with Gasteiger partial charge in [-0.05, 0) is 17.7 Å². The second kappa shape index (κ2) is 5.30. The molecule has 0 amide bonds. The largest absolute Gasteiger partial charge is 0.377 e. The van der Waals surface area contributed by atoms with Crippen molar-refractivity contribution in [1.29, 1.82) is 0 Å². The van der Waals surface area contributed by atoms with E-state index in [4.69, 9.17) is 11.6 Å². The summed E-state index contributed by atoms with van der Waals surface area (Å²) in [7, 11) is 0. The topological polar surface area (TPSA) is 70.7 Å². The number of nitrogens with zero attached hydrogens (tertiary/aromatic N) is 2. The number of pyridine rings is 1. The average molecular weight is 287 g/mol. The second-order valence-corrected chi connectivity index (χ2v) is 4.69. The third-order valence-electron chi connectivity index (χ3n) is 2.92. The molecular weight excluding hydrogens is 276 g/mol. The molecule has 6 heteroatoms. The minimum absolute atomic E-state index is 0.166. The lowest BCUT2D eigenvalue weighted by atomic mass is 10.2. The normalized spacial score (nSPS) is 10.7. The standard InChI is InChI=1S/C14H11ClN4O/c15-10-7-16-8-13(14(10)20)19-6-9-1-2-11-12(5-9)18-4-3-17-11/h1-5,7-8,19H,6H2,(H,16,20). The SMILES string of the molecule is O=c1c(Cl)c[nH]cc1NCc1ccc2nccnc2c1. The fourth-order valence-corrected chi connectivity index (χ4v) is 2.07. The number of fused-ring (bicyclic) bond motifs is 1. The van der Waals surface area contributed by atoms with Gasteiger partial charge in [-0.3, -0.25) is 14.8 Å². The Bertz CT molecular complexity index is 815. The molecule has 1 aromatic carbocycles. The van der Waals surface area contributed by atoms with E-state index in [0.29, 0.717) is 12.2 Å². The number of nitrogens with one attached hydrogen (secondary N) is 2. The zero-order chi connectivity index (χ0) is 13.9. The Balaban J connectivity index is 1.83. The molecule has 0 spiro atoms. The highest BCUT2D eigenvalue weighted by atomic mass is 35.5. The smallest absolute Gasteiger partial charge is 0.223 e. The van der Waals surface area contributed by atoms with Crippen LogP contribution in [0.25, 0.3) is 11.0 Å². The molecule has 2 N–H and O–H groups in total. The number of hydrogen-bond acceptors (Lipinski definition) is 4. The first kappa shape index (κ1) is 12.6. The summed E-state index contributed by atoms with van der Waals surface area (Å²) in [4.78, 5) is 23.0. The molecule has 0 saturated heterocycles. The van der Waals surface area contributed by atoms with E-state index in [2.05, 4.69) is 20.3 Å². The van der Waals surface area contributed by atoms with Crippen molar-refractivity contribution in [2.75, 3.05) is 5.32 Å². The summed E-state index contributed by atoms with van der Waals surface area (Å²) in [5.74, 6) is 0. The Morgan fingerprint density at radius 3 is 2.80 bits per heavy atom. The van der Waals surface area contributed by atoms with Crippen LogP contribution < -0.4 is 10.7 Å². The Kier molecular flexibility index (Phi) is 3.35. The maximum absolute atomic E-state index is 11.8. The van der Waals surface area contributed by atoms with Crippen molar-refractivity contribution in [3.8, 4) is 0 Å². The van der Waals surface area contributed by atoms with Crippen LogP contribution in [0.5, 0.6) is 0 Å². The van der Waals surface area contributed by atoms with Crippen LogP contribution in [0.3, 0.4) is 0 Å². The van der Waals surface area contributed by atoms with E-state index in [9.17, 15) is 4.79 Å². The van der Waals surface area contributed by atoms with Gasteiger partial charge in [0.15, 0.2) is 0 Å². The van der Waals surface area contributed by atoms with Crippen molar-refractivity contribution >= 4 is 28.3 Å². The molecule has 0 radical (unpaired) electrons. The van der Waals surface area contributed by atoms with Gasteiger partial charge in [0, 0.05) is 31.3 Å². The van der Waals surface area contributed by atoms with Gasteiger partial charge in [-0.25, -0.2) is 0 Å². The Labute approximate surface area is 119 Å². The third kappa shape index (κ3) is 2.48. The van der Waals surface area contributed by atoms with Crippen LogP contribution in [0.4, 0.5) is 5.69 Å². The van der Waals surface area contributed by atoms with Crippen molar-refractivity contribution in [2.45, 2.75) is 6.54 Å². The van der Waals surface area contributed by atoms with E-state index in [-0.39, 0.29) is 10.5 Å². The summed E-state index contributed by atoms with van der Waals surface area (Å²) in [6.07, 6.45) is 6.36. The number of aromatic amines is 1. The molecular formula is C14H11ClN4O. The molecule has 2 aromatic heterocycles. The molecule has 100 valence electrons. The van der Waals surface area contributed by atoms with Crippen molar-refractivity contribution in [3.05, 3.63) is 63.8 Å². The van der Waals surface area contributed by atoms with Crippen molar-refractivity contribution in [3.63, 3.8) is 0 Å². The maximum Gasteiger partial charge on any atom is 0.223 e. The number of hydrogen-bond donors (Lipinski definition) is 2. The van der Waals surface area contributed by atoms with Gasteiger partial charge in [-0.1, -0.05) is 17.7 Å². The maximum atomic E-state index is 11.8. The molecule has 0 saturated carbocycles. The predicted octanol–water partition coefficient (Wildman–Crippen LogP) is 2.58. The molecule has 0 atom stereocenters. The molecule has 2 heterocycles. The highest BCUT2D eigenvalue weighted by molar-refractivity contribution is 6.30. The number of aromatic nitrogens is 3. The van der Waals surface area contributed by atoms with Crippen LogP contribution >= 0.6 is 11.6 Å². The van der Waals surface area contributed by atoms with E-state index >= 15 is 0 Å². The van der Waals surface area contributed by atoms with E-state index < -0.39 is 0 Å². The van der Waals surface area contributed by atoms with Crippen LogP contribution in [0.1, 0.15) is 5.56 Å². The molecule has 0 bridgehead atoms. The monoisotopic (exact) mass is 286 g/mol. The molecule has 0 aliphatic carbocycles. The number of benzene rings is 1. The van der Waals surface area contributed by atoms with Crippen LogP contribution in [-0.4, -0.2) is 15.0 Å². The average Bonchev–Trinajstić information content (AvgIpc) is 2.48. The molecule has 5 nitrogen and oxygen atoms in total. The molecule has 3 aromatic rings. The molecule has 3 rings (SSSR count). The van der Waals surface area contributed by atoms with E-state index in [1.807, 2.05) is 18.2 Å². The fourth-order valence-electron chi connectivity index (χ4n) is 1.91. The zero-order valence-corrected chi connectivity index (χ0v) is 11.2. The Hall–Kier alpha value is -2.40. The van der Waals surface area contributed by atoms with E-state index in [1.54, 1.807) is 18.6 Å². The highest BCUT2D eigenvalue weighted by Crippen LogP contribution is 2.12. The van der Waals surface area contributed by atoms with Crippen LogP contribution in [0.2, 0.25) is 5.02 Å².